The maximum atomic E-state index is 13.0. The van der Waals surface area contributed by atoms with E-state index in [4.69, 9.17) is 4.74 Å². The minimum absolute atomic E-state index is 0.128. The molecule has 0 aliphatic carbocycles. The highest BCUT2D eigenvalue weighted by molar-refractivity contribution is 5.99. The van der Waals surface area contributed by atoms with Gasteiger partial charge in [-0.1, -0.05) is 30.4 Å². The molecule has 3 heterocycles. The Hall–Kier alpha value is -2.14. The van der Waals surface area contributed by atoms with Crippen molar-refractivity contribution in [1.29, 1.82) is 0 Å². The monoisotopic (exact) mass is 299 g/mol. The van der Waals surface area contributed by atoms with Gasteiger partial charge in [-0.05, 0) is 24.5 Å². The van der Waals surface area contributed by atoms with Crippen molar-refractivity contribution in [1.82, 2.24) is 0 Å². The average molecular weight is 299 g/mol. The van der Waals surface area contributed by atoms with Crippen LogP contribution >= 0.6 is 0 Å². The van der Waals surface area contributed by atoms with E-state index < -0.39 is 30.0 Å². The summed E-state index contributed by atoms with van der Waals surface area (Å²) in [5.41, 5.74) is 2.06. The van der Waals surface area contributed by atoms with Gasteiger partial charge < -0.3 is 14.7 Å². The molecule has 3 aliphatic heterocycles. The predicted molar refractivity (Wildman–Crippen MR) is 79.5 cm³/mol. The molecule has 0 aromatic heterocycles. The average Bonchev–Trinajstić information content (AvgIpc) is 3.14. The summed E-state index contributed by atoms with van der Waals surface area (Å²) in [4.78, 5) is 26.3. The molecule has 1 aromatic carbocycles. The number of carboxylic acid groups (broad SMARTS) is 1. The number of carboxylic acids is 1. The zero-order valence-corrected chi connectivity index (χ0v) is 12.0. The van der Waals surface area contributed by atoms with Gasteiger partial charge in [-0.2, -0.15) is 0 Å². The molecule has 1 saturated heterocycles. The van der Waals surface area contributed by atoms with Crippen LogP contribution in [-0.4, -0.2) is 35.7 Å². The number of carbonyl (C=O) groups is 2. The number of carbonyl (C=O) groups excluding carboxylic acids is 1. The van der Waals surface area contributed by atoms with Crippen LogP contribution in [0.25, 0.3) is 0 Å². The van der Waals surface area contributed by atoms with Gasteiger partial charge in [-0.15, -0.1) is 0 Å². The number of rotatable bonds is 2. The van der Waals surface area contributed by atoms with Gasteiger partial charge in [-0.25, -0.2) is 0 Å². The van der Waals surface area contributed by atoms with Crippen LogP contribution in [0.4, 0.5) is 5.69 Å². The van der Waals surface area contributed by atoms with E-state index in [1.54, 1.807) is 11.0 Å². The Kier molecular flexibility index (Phi) is 3.04. The zero-order valence-electron chi connectivity index (χ0n) is 12.0. The molecule has 114 valence electrons. The van der Waals surface area contributed by atoms with Gasteiger partial charge >= 0.3 is 5.97 Å². The number of aliphatic carboxylic acids is 1. The molecule has 2 bridgehead atoms. The van der Waals surface area contributed by atoms with Crippen LogP contribution < -0.4 is 4.90 Å². The summed E-state index contributed by atoms with van der Waals surface area (Å²) in [6.07, 6.45) is 4.55. The molecule has 1 amide bonds. The Labute approximate surface area is 128 Å². The second-order valence-electron chi connectivity index (χ2n) is 6.06. The SMILES string of the molecule is O=C(O)[C@@H]1[C@@H](C(=O)N2CCCc3ccccc32)[C@H]2C=C[C@H]1O2. The van der Waals surface area contributed by atoms with Crippen LogP contribution in [0, 0.1) is 11.8 Å². The van der Waals surface area contributed by atoms with Crippen LogP contribution in [-0.2, 0) is 20.7 Å². The van der Waals surface area contributed by atoms with Gasteiger partial charge in [0.05, 0.1) is 18.1 Å². The highest BCUT2D eigenvalue weighted by Crippen LogP contribution is 2.41. The highest BCUT2D eigenvalue weighted by atomic mass is 16.5. The number of amides is 1. The Bertz CT molecular complexity index is 668. The largest absolute Gasteiger partial charge is 0.481 e. The fraction of sp³-hybridized carbons (Fsp3) is 0.412. The number of nitrogens with zero attached hydrogens (tertiary/aromatic N) is 1. The van der Waals surface area contributed by atoms with Crippen molar-refractivity contribution in [3.05, 3.63) is 42.0 Å². The number of fused-ring (bicyclic) bond motifs is 3. The Morgan fingerprint density at radius 2 is 1.86 bits per heavy atom. The lowest BCUT2D eigenvalue weighted by Crippen LogP contribution is -2.46. The number of hydrogen-bond donors (Lipinski definition) is 1. The van der Waals surface area contributed by atoms with Crippen molar-refractivity contribution in [2.75, 3.05) is 11.4 Å². The molecule has 1 N–H and O–H groups in total. The van der Waals surface area contributed by atoms with E-state index in [1.165, 1.54) is 0 Å². The lowest BCUT2D eigenvalue weighted by molar-refractivity contribution is -0.146. The van der Waals surface area contributed by atoms with E-state index >= 15 is 0 Å². The molecule has 0 unspecified atom stereocenters. The van der Waals surface area contributed by atoms with Gasteiger partial charge in [0.15, 0.2) is 0 Å². The number of hydrogen-bond acceptors (Lipinski definition) is 3. The first kappa shape index (κ1) is 13.5. The van der Waals surface area contributed by atoms with E-state index in [1.807, 2.05) is 30.3 Å². The lowest BCUT2D eigenvalue weighted by Gasteiger charge is -2.33. The minimum Gasteiger partial charge on any atom is -0.481 e. The maximum absolute atomic E-state index is 13.0. The molecule has 4 atom stereocenters. The smallest absolute Gasteiger partial charge is 0.310 e. The number of anilines is 1. The topological polar surface area (TPSA) is 66.8 Å². The van der Waals surface area contributed by atoms with E-state index in [9.17, 15) is 14.7 Å². The summed E-state index contributed by atoms with van der Waals surface area (Å²) in [6.45, 7) is 0.639. The first-order valence-corrected chi connectivity index (χ1v) is 7.62. The number of aryl methyl sites for hydroxylation is 1. The Morgan fingerprint density at radius 1 is 1.14 bits per heavy atom. The third-order valence-corrected chi connectivity index (χ3v) is 4.85. The molecule has 0 spiro atoms. The number of benzene rings is 1. The van der Waals surface area contributed by atoms with E-state index in [2.05, 4.69) is 0 Å². The number of ether oxygens (including phenoxy) is 1. The first-order valence-electron chi connectivity index (χ1n) is 7.62. The summed E-state index contributed by atoms with van der Waals surface area (Å²) in [5, 5.41) is 9.46. The lowest BCUT2D eigenvalue weighted by atomic mass is 9.81. The Morgan fingerprint density at radius 3 is 2.64 bits per heavy atom. The van der Waals surface area contributed by atoms with Crippen molar-refractivity contribution < 1.29 is 19.4 Å². The van der Waals surface area contributed by atoms with Crippen LogP contribution in [0.3, 0.4) is 0 Å². The van der Waals surface area contributed by atoms with E-state index in [0.29, 0.717) is 6.54 Å². The van der Waals surface area contributed by atoms with Gasteiger partial charge in [0, 0.05) is 12.2 Å². The van der Waals surface area contributed by atoms with Crippen LogP contribution in [0.2, 0.25) is 0 Å². The van der Waals surface area contributed by atoms with Crippen molar-refractivity contribution >= 4 is 17.6 Å². The zero-order chi connectivity index (χ0) is 15.3. The molecular formula is C17H17NO4. The van der Waals surface area contributed by atoms with Crippen molar-refractivity contribution in [3.63, 3.8) is 0 Å². The summed E-state index contributed by atoms with van der Waals surface area (Å²) in [5.74, 6) is -2.49. The van der Waals surface area contributed by atoms with Crippen LogP contribution in [0.15, 0.2) is 36.4 Å². The standard InChI is InChI=1S/C17H17NO4/c19-16(14-12-7-8-13(22-12)15(14)17(20)21)18-9-3-5-10-4-1-2-6-11(10)18/h1-2,4,6-8,12-15H,3,5,9H2,(H,20,21)/t12-,13-,14+,15+/m1/s1. The predicted octanol–water partition coefficient (Wildman–Crippen LogP) is 1.62. The highest BCUT2D eigenvalue weighted by Gasteiger charge is 2.54. The summed E-state index contributed by atoms with van der Waals surface area (Å²) < 4.78 is 5.62. The van der Waals surface area contributed by atoms with Crippen LogP contribution in [0.5, 0.6) is 0 Å². The number of para-hydroxylation sites is 1. The quantitative estimate of drug-likeness (QED) is 0.843. The van der Waals surface area contributed by atoms with Gasteiger partial charge in [0.1, 0.15) is 5.92 Å². The molecule has 5 heteroatoms. The summed E-state index contributed by atoms with van der Waals surface area (Å²) in [6, 6.07) is 7.85. The first-order chi connectivity index (χ1) is 10.7. The van der Waals surface area contributed by atoms with Crippen molar-refractivity contribution in [2.45, 2.75) is 25.0 Å². The molecule has 1 fully saturated rings. The third-order valence-electron chi connectivity index (χ3n) is 4.85. The van der Waals surface area contributed by atoms with Crippen molar-refractivity contribution in [3.8, 4) is 0 Å². The molecule has 22 heavy (non-hydrogen) atoms. The van der Waals surface area contributed by atoms with Crippen molar-refractivity contribution in [2.24, 2.45) is 11.8 Å². The molecule has 0 radical (unpaired) electrons. The second kappa shape index (κ2) is 4.95. The fourth-order valence-electron chi connectivity index (χ4n) is 3.84. The minimum atomic E-state index is -0.958. The van der Waals surface area contributed by atoms with E-state index in [0.717, 1.165) is 24.1 Å². The van der Waals surface area contributed by atoms with Gasteiger partial charge in [0.2, 0.25) is 5.91 Å². The molecule has 1 aromatic rings. The summed E-state index contributed by atoms with van der Waals surface area (Å²) >= 11 is 0. The molecule has 5 nitrogen and oxygen atoms in total. The molecule has 0 saturated carbocycles. The van der Waals surface area contributed by atoms with Gasteiger partial charge in [0.25, 0.3) is 0 Å². The molecule has 3 aliphatic rings. The molecule has 4 rings (SSSR count). The maximum Gasteiger partial charge on any atom is 0.310 e. The normalized spacial score (nSPS) is 32.1. The summed E-state index contributed by atoms with van der Waals surface area (Å²) in [7, 11) is 0. The third kappa shape index (κ3) is 1.89. The van der Waals surface area contributed by atoms with E-state index in [-0.39, 0.29) is 5.91 Å². The Balaban J connectivity index is 1.68. The fourth-order valence-corrected chi connectivity index (χ4v) is 3.84. The van der Waals surface area contributed by atoms with Crippen LogP contribution in [0.1, 0.15) is 12.0 Å². The molecular weight excluding hydrogens is 282 g/mol. The second-order valence-corrected chi connectivity index (χ2v) is 6.06. The van der Waals surface area contributed by atoms with Gasteiger partial charge in [-0.3, -0.25) is 9.59 Å².